The Bertz CT molecular complexity index is 611. The van der Waals surface area contributed by atoms with Gasteiger partial charge in [0.05, 0.1) is 32.7 Å². The zero-order valence-corrected chi connectivity index (χ0v) is 13.2. The molecule has 0 fully saturated rings. The monoisotopic (exact) mass is 333 g/mol. The molecule has 0 aromatic carbocycles. The number of rotatable bonds is 4. The number of aromatic nitrogens is 3. The summed E-state index contributed by atoms with van der Waals surface area (Å²) in [4.78, 5) is 4.24. The lowest BCUT2D eigenvalue weighted by molar-refractivity contribution is 0.473. The number of hydrogen-bond acceptors (Lipinski definition) is 4. The first kappa shape index (κ1) is 15.5. The fourth-order valence-corrected chi connectivity index (χ4v) is 2.69. The van der Waals surface area contributed by atoms with Gasteiger partial charge in [-0.1, -0.05) is 34.8 Å². The van der Waals surface area contributed by atoms with Crippen molar-refractivity contribution in [2.24, 2.45) is 5.84 Å². The van der Waals surface area contributed by atoms with Crippen LogP contribution in [0.15, 0.2) is 18.5 Å². The largest absolute Gasteiger partial charge is 0.270 e. The van der Waals surface area contributed by atoms with Gasteiger partial charge in [0.15, 0.2) is 0 Å². The molecule has 0 amide bonds. The maximum atomic E-state index is 6.22. The molecule has 8 heteroatoms. The summed E-state index contributed by atoms with van der Waals surface area (Å²) >= 11 is 18.3. The molecule has 0 radical (unpaired) electrons. The van der Waals surface area contributed by atoms with Gasteiger partial charge in [-0.2, -0.15) is 5.10 Å². The summed E-state index contributed by atoms with van der Waals surface area (Å²) in [7, 11) is 0. The molecule has 108 valence electrons. The second-order valence-electron chi connectivity index (χ2n) is 4.54. The van der Waals surface area contributed by atoms with Crippen molar-refractivity contribution in [2.45, 2.75) is 25.9 Å². The average Bonchev–Trinajstić information content (AvgIpc) is 2.75. The summed E-state index contributed by atoms with van der Waals surface area (Å²) < 4.78 is 1.78. The predicted octanol–water partition coefficient (Wildman–Crippen LogP) is 3.37. The Balaban J connectivity index is 2.55. The third-order valence-corrected chi connectivity index (χ3v) is 3.63. The fraction of sp³-hybridized carbons (Fsp3) is 0.333. The highest BCUT2D eigenvalue weighted by atomic mass is 35.5. The molecule has 2 heterocycles. The van der Waals surface area contributed by atoms with Gasteiger partial charge in [-0.05, 0) is 19.9 Å². The number of hydrazine groups is 1. The molecule has 2 rings (SSSR count). The van der Waals surface area contributed by atoms with E-state index in [1.807, 2.05) is 13.8 Å². The van der Waals surface area contributed by atoms with E-state index in [4.69, 9.17) is 40.6 Å². The van der Waals surface area contributed by atoms with E-state index in [1.54, 1.807) is 16.9 Å². The lowest BCUT2D eigenvalue weighted by Crippen LogP contribution is -2.32. The second-order valence-corrected chi connectivity index (χ2v) is 5.79. The van der Waals surface area contributed by atoms with Gasteiger partial charge >= 0.3 is 0 Å². The van der Waals surface area contributed by atoms with E-state index < -0.39 is 6.04 Å². The molecule has 20 heavy (non-hydrogen) atoms. The van der Waals surface area contributed by atoms with Crippen molar-refractivity contribution < 1.29 is 0 Å². The number of halogens is 3. The maximum Gasteiger partial charge on any atom is 0.108 e. The highest BCUT2D eigenvalue weighted by Gasteiger charge is 2.25. The first-order chi connectivity index (χ1) is 9.45. The smallest absolute Gasteiger partial charge is 0.108 e. The Kier molecular flexibility index (Phi) is 4.88. The summed E-state index contributed by atoms with van der Waals surface area (Å²) in [5.74, 6) is 5.66. The van der Waals surface area contributed by atoms with Crippen molar-refractivity contribution in [3.8, 4) is 0 Å². The van der Waals surface area contributed by atoms with Crippen LogP contribution in [-0.4, -0.2) is 14.8 Å². The second kappa shape index (κ2) is 6.28. The van der Waals surface area contributed by atoms with Gasteiger partial charge in [0.25, 0.3) is 0 Å². The molecule has 0 saturated heterocycles. The first-order valence-corrected chi connectivity index (χ1v) is 7.09. The van der Waals surface area contributed by atoms with Gasteiger partial charge in [0.1, 0.15) is 6.04 Å². The third kappa shape index (κ3) is 2.92. The van der Waals surface area contributed by atoms with Crippen LogP contribution in [0.2, 0.25) is 15.1 Å². The molecule has 1 atom stereocenters. The number of hydrogen-bond donors (Lipinski definition) is 2. The molecule has 0 spiro atoms. The Labute approximate surface area is 132 Å². The molecule has 5 nitrogen and oxygen atoms in total. The van der Waals surface area contributed by atoms with Crippen molar-refractivity contribution in [1.29, 1.82) is 0 Å². The molecule has 1 unspecified atom stereocenters. The van der Waals surface area contributed by atoms with Crippen LogP contribution in [0.1, 0.15) is 37.3 Å². The van der Waals surface area contributed by atoms with E-state index >= 15 is 0 Å². The van der Waals surface area contributed by atoms with E-state index in [2.05, 4.69) is 15.5 Å². The summed E-state index contributed by atoms with van der Waals surface area (Å²) in [6, 6.07) is 1.26. The zero-order chi connectivity index (χ0) is 14.9. The lowest BCUT2D eigenvalue weighted by atomic mass is 10.1. The molecule has 0 aliphatic carbocycles. The van der Waals surface area contributed by atoms with Gasteiger partial charge in [-0.25, -0.2) is 5.43 Å². The van der Waals surface area contributed by atoms with Crippen LogP contribution in [0.4, 0.5) is 0 Å². The first-order valence-electron chi connectivity index (χ1n) is 5.95. The Morgan fingerprint density at radius 2 is 1.90 bits per heavy atom. The van der Waals surface area contributed by atoms with Crippen LogP contribution in [0, 0.1) is 0 Å². The molecule has 0 aliphatic heterocycles. The van der Waals surface area contributed by atoms with Gasteiger partial charge < -0.3 is 0 Å². The van der Waals surface area contributed by atoms with E-state index in [9.17, 15) is 0 Å². The van der Waals surface area contributed by atoms with E-state index in [0.717, 1.165) is 0 Å². The van der Waals surface area contributed by atoms with Crippen LogP contribution in [0.3, 0.4) is 0 Å². The summed E-state index contributed by atoms with van der Waals surface area (Å²) in [6.45, 7) is 3.99. The van der Waals surface area contributed by atoms with Crippen LogP contribution in [0.25, 0.3) is 0 Å². The predicted molar refractivity (Wildman–Crippen MR) is 81.0 cm³/mol. The van der Waals surface area contributed by atoms with Crippen LogP contribution < -0.4 is 11.3 Å². The standard InChI is InChI=1S/C12H14Cl3N5/c1-6(2)20-12(9(15)5-18-20)11(19-16)10-8(14)3-7(13)4-17-10/h3-6,11,19H,16H2,1-2H3. The van der Waals surface area contributed by atoms with Crippen LogP contribution >= 0.6 is 34.8 Å². The summed E-state index contributed by atoms with van der Waals surface area (Å²) in [6.07, 6.45) is 3.09. The Hall–Kier alpha value is -0.850. The number of pyridine rings is 1. The summed E-state index contributed by atoms with van der Waals surface area (Å²) in [5.41, 5.74) is 3.94. The minimum atomic E-state index is -0.475. The highest BCUT2D eigenvalue weighted by molar-refractivity contribution is 6.35. The highest BCUT2D eigenvalue weighted by Crippen LogP contribution is 2.32. The maximum absolute atomic E-state index is 6.22. The van der Waals surface area contributed by atoms with Crippen molar-refractivity contribution in [1.82, 2.24) is 20.2 Å². The minimum Gasteiger partial charge on any atom is -0.270 e. The van der Waals surface area contributed by atoms with Crippen molar-refractivity contribution in [2.75, 3.05) is 0 Å². The zero-order valence-electron chi connectivity index (χ0n) is 10.9. The van der Waals surface area contributed by atoms with E-state index in [0.29, 0.717) is 26.5 Å². The van der Waals surface area contributed by atoms with E-state index in [1.165, 1.54) is 6.20 Å². The van der Waals surface area contributed by atoms with Crippen molar-refractivity contribution in [3.63, 3.8) is 0 Å². The van der Waals surface area contributed by atoms with Crippen molar-refractivity contribution >= 4 is 34.8 Å². The third-order valence-electron chi connectivity index (χ3n) is 2.83. The quantitative estimate of drug-likeness (QED) is 0.664. The average molecular weight is 335 g/mol. The number of nitrogens with zero attached hydrogens (tertiary/aromatic N) is 3. The van der Waals surface area contributed by atoms with Gasteiger partial charge in [0.2, 0.25) is 0 Å². The van der Waals surface area contributed by atoms with E-state index in [-0.39, 0.29) is 6.04 Å². The number of nitrogens with two attached hydrogens (primary N) is 1. The van der Waals surface area contributed by atoms with Crippen LogP contribution in [0.5, 0.6) is 0 Å². The van der Waals surface area contributed by atoms with Gasteiger partial charge in [-0.3, -0.25) is 15.5 Å². The normalized spacial score (nSPS) is 12.9. The lowest BCUT2D eigenvalue weighted by Gasteiger charge is -2.20. The summed E-state index contributed by atoms with van der Waals surface area (Å²) in [5, 5.41) is 5.61. The molecular weight excluding hydrogens is 321 g/mol. The molecular formula is C12H14Cl3N5. The molecule has 0 bridgehead atoms. The molecule has 2 aromatic rings. The molecule has 0 aliphatic rings. The van der Waals surface area contributed by atoms with Gasteiger partial charge in [-0.15, -0.1) is 0 Å². The number of nitrogens with one attached hydrogen (secondary N) is 1. The molecule has 2 aromatic heterocycles. The fourth-order valence-electron chi connectivity index (χ4n) is 1.96. The minimum absolute atomic E-state index is 0.124. The topological polar surface area (TPSA) is 68.8 Å². The van der Waals surface area contributed by atoms with Crippen molar-refractivity contribution in [3.05, 3.63) is 44.9 Å². The van der Waals surface area contributed by atoms with Gasteiger partial charge in [0, 0.05) is 12.2 Å². The SMILES string of the molecule is CC(C)n1ncc(Cl)c1C(NN)c1ncc(Cl)cc1Cl. The van der Waals surface area contributed by atoms with Crippen LogP contribution in [-0.2, 0) is 0 Å². The molecule has 0 saturated carbocycles. The Morgan fingerprint density at radius 3 is 2.45 bits per heavy atom. The Morgan fingerprint density at radius 1 is 1.20 bits per heavy atom. The molecule has 3 N–H and O–H groups in total.